The molecule has 194 valence electrons. The highest BCUT2D eigenvalue weighted by molar-refractivity contribution is 7.98. The molecule has 1 fully saturated rings. The first-order valence-electron chi connectivity index (χ1n) is 12.8. The van der Waals surface area contributed by atoms with E-state index in [1.807, 2.05) is 72.7 Å². The van der Waals surface area contributed by atoms with Gasteiger partial charge in [0.2, 0.25) is 0 Å². The van der Waals surface area contributed by atoms with E-state index >= 15 is 0 Å². The van der Waals surface area contributed by atoms with Gasteiger partial charge in [0.05, 0.1) is 11.4 Å². The number of likely N-dealkylation sites (tertiary alicyclic amines) is 1. The number of carbonyl (C=O) groups is 1. The van der Waals surface area contributed by atoms with Crippen molar-refractivity contribution in [1.82, 2.24) is 34.4 Å². The summed E-state index contributed by atoms with van der Waals surface area (Å²) in [5.74, 6) is 0.693. The van der Waals surface area contributed by atoms with Gasteiger partial charge in [-0.2, -0.15) is 0 Å². The molecule has 2 unspecified atom stereocenters. The van der Waals surface area contributed by atoms with Gasteiger partial charge >= 0.3 is 0 Å². The van der Waals surface area contributed by atoms with Crippen molar-refractivity contribution in [2.24, 2.45) is 5.92 Å². The number of piperidine rings is 1. The van der Waals surface area contributed by atoms with Crippen LogP contribution in [0.15, 0.2) is 58.5 Å². The summed E-state index contributed by atoms with van der Waals surface area (Å²) in [6, 6.07) is 15.4. The molecular weight excluding hydrogens is 498 g/mol. The Labute approximate surface area is 224 Å². The largest absolute Gasteiger partial charge is 0.336 e. The smallest absolute Gasteiger partial charge is 0.276 e. The summed E-state index contributed by atoms with van der Waals surface area (Å²) >= 11 is 1.47. The SMILES string of the molecule is Cc1ccc(-n2nnc(C(=O)N3CC4CC(C3)c3cccc(=O)n3C4)c2CSc2nc(C)cc(C)n2)cc1. The number of hydrogen-bond donors (Lipinski definition) is 0. The summed E-state index contributed by atoms with van der Waals surface area (Å²) in [5.41, 5.74) is 5.92. The number of aromatic nitrogens is 6. The summed E-state index contributed by atoms with van der Waals surface area (Å²) in [7, 11) is 0. The van der Waals surface area contributed by atoms with Gasteiger partial charge in [-0.25, -0.2) is 14.6 Å². The van der Waals surface area contributed by atoms with E-state index in [-0.39, 0.29) is 23.3 Å². The number of thioether (sulfide) groups is 1. The Morgan fingerprint density at radius 2 is 1.76 bits per heavy atom. The topological polar surface area (TPSA) is 98.8 Å². The molecule has 38 heavy (non-hydrogen) atoms. The van der Waals surface area contributed by atoms with Crippen LogP contribution in [0.2, 0.25) is 0 Å². The number of hydrogen-bond acceptors (Lipinski definition) is 7. The fourth-order valence-electron chi connectivity index (χ4n) is 5.59. The zero-order valence-electron chi connectivity index (χ0n) is 21.7. The monoisotopic (exact) mass is 527 g/mol. The Morgan fingerprint density at radius 1 is 1.00 bits per heavy atom. The molecule has 0 spiro atoms. The van der Waals surface area contributed by atoms with E-state index in [2.05, 4.69) is 20.3 Å². The van der Waals surface area contributed by atoms with E-state index in [9.17, 15) is 9.59 Å². The first-order chi connectivity index (χ1) is 18.4. The second-order valence-electron chi connectivity index (χ2n) is 10.3. The van der Waals surface area contributed by atoms with Crippen molar-refractivity contribution in [2.45, 2.75) is 50.6 Å². The van der Waals surface area contributed by atoms with Crippen LogP contribution < -0.4 is 5.56 Å². The third-order valence-corrected chi connectivity index (χ3v) is 8.17. The molecule has 0 saturated carbocycles. The molecular formula is C28H29N7O2S. The maximum atomic E-state index is 13.9. The van der Waals surface area contributed by atoms with Crippen molar-refractivity contribution >= 4 is 17.7 Å². The van der Waals surface area contributed by atoms with E-state index in [4.69, 9.17) is 0 Å². The molecule has 0 radical (unpaired) electrons. The van der Waals surface area contributed by atoms with Gasteiger partial charge in [-0.05, 0) is 57.4 Å². The minimum atomic E-state index is -0.123. The molecule has 9 nitrogen and oxygen atoms in total. The van der Waals surface area contributed by atoms with Gasteiger partial charge in [0.25, 0.3) is 11.5 Å². The average Bonchev–Trinajstić information content (AvgIpc) is 3.31. The molecule has 5 heterocycles. The highest BCUT2D eigenvalue weighted by atomic mass is 32.2. The number of nitrogens with zero attached hydrogens (tertiary/aromatic N) is 7. The van der Waals surface area contributed by atoms with Crippen LogP contribution in [0.3, 0.4) is 0 Å². The fraction of sp³-hybridized carbons (Fsp3) is 0.357. The molecule has 10 heteroatoms. The Hall–Kier alpha value is -3.79. The van der Waals surface area contributed by atoms with Crippen LogP contribution in [0.1, 0.15) is 51.2 Å². The lowest BCUT2D eigenvalue weighted by molar-refractivity contribution is 0.0588. The maximum Gasteiger partial charge on any atom is 0.276 e. The van der Waals surface area contributed by atoms with E-state index < -0.39 is 0 Å². The highest BCUT2D eigenvalue weighted by Gasteiger charge is 2.38. The molecule has 4 aromatic rings. The predicted molar refractivity (Wildman–Crippen MR) is 145 cm³/mol. The van der Waals surface area contributed by atoms with Gasteiger partial charge in [0.15, 0.2) is 10.9 Å². The lowest BCUT2D eigenvalue weighted by Crippen LogP contribution is -2.49. The van der Waals surface area contributed by atoms with E-state index in [1.165, 1.54) is 11.8 Å². The Kier molecular flexibility index (Phi) is 6.35. The van der Waals surface area contributed by atoms with Crippen molar-refractivity contribution in [3.63, 3.8) is 0 Å². The summed E-state index contributed by atoms with van der Waals surface area (Å²) < 4.78 is 3.63. The van der Waals surface area contributed by atoms with Crippen molar-refractivity contribution in [3.8, 4) is 5.69 Å². The predicted octanol–water partition coefficient (Wildman–Crippen LogP) is 3.70. The zero-order valence-corrected chi connectivity index (χ0v) is 22.5. The van der Waals surface area contributed by atoms with Gasteiger partial charge in [-0.3, -0.25) is 9.59 Å². The molecule has 3 aromatic heterocycles. The lowest BCUT2D eigenvalue weighted by Gasteiger charge is -2.42. The minimum Gasteiger partial charge on any atom is -0.336 e. The first-order valence-corrected chi connectivity index (χ1v) is 13.8. The molecule has 0 aliphatic carbocycles. The number of rotatable bonds is 5. The number of amides is 1. The van der Waals surface area contributed by atoms with Crippen LogP contribution in [-0.2, 0) is 12.3 Å². The molecule has 1 saturated heterocycles. The van der Waals surface area contributed by atoms with E-state index in [0.717, 1.165) is 40.4 Å². The van der Waals surface area contributed by atoms with Crippen molar-refractivity contribution in [1.29, 1.82) is 0 Å². The second-order valence-corrected chi connectivity index (χ2v) is 11.2. The average molecular weight is 528 g/mol. The molecule has 1 amide bonds. The van der Waals surface area contributed by atoms with Crippen molar-refractivity contribution in [3.05, 3.63) is 92.9 Å². The quantitative estimate of drug-likeness (QED) is 0.288. The minimum absolute atomic E-state index is 0.0333. The Bertz CT molecular complexity index is 1560. The standard InChI is InChI=1S/C28H29N7O2S/c1-17-7-9-22(10-8-17)35-24(16-38-28-29-18(2)11-19(3)30-28)26(31-32-35)27(37)33-13-20-12-21(15-33)23-5-4-6-25(36)34(23)14-20/h4-11,20-21H,12-16H2,1-3H3. The molecule has 2 aliphatic heterocycles. The third kappa shape index (κ3) is 4.64. The van der Waals surface area contributed by atoms with Crippen LogP contribution >= 0.6 is 11.8 Å². The number of aryl methyl sites for hydroxylation is 3. The number of carbonyl (C=O) groups excluding carboxylic acids is 1. The van der Waals surface area contributed by atoms with E-state index in [0.29, 0.717) is 36.2 Å². The molecule has 2 aliphatic rings. The highest BCUT2D eigenvalue weighted by Crippen LogP contribution is 2.36. The summed E-state index contributed by atoms with van der Waals surface area (Å²) in [5, 5.41) is 9.48. The molecule has 6 rings (SSSR count). The van der Waals surface area contributed by atoms with Crippen LogP contribution in [0.4, 0.5) is 0 Å². The molecule has 0 N–H and O–H groups in total. The molecule has 2 atom stereocenters. The summed E-state index contributed by atoms with van der Waals surface area (Å²) in [6.45, 7) is 7.73. The fourth-order valence-corrected chi connectivity index (χ4v) is 6.54. The summed E-state index contributed by atoms with van der Waals surface area (Å²) in [6.07, 6.45) is 0.982. The number of benzene rings is 1. The van der Waals surface area contributed by atoms with Gasteiger partial charge in [-0.1, -0.05) is 40.7 Å². The van der Waals surface area contributed by atoms with Crippen LogP contribution in [-0.4, -0.2) is 53.4 Å². The zero-order chi connectivity index (χ0) is 26.4. The number of fused-ring (bicyclic) bond motifs is 4. The van der Waals surface area contributed by atoms with Gasteiger partial charge in [0.1, 0.15) is 0 Å². The Morgan fingerprint density at radius 3 is 2.53 bits per heavy atom. The second kappa shape index (κ2) is 9.83. The van der Waals surface area contributed by atoms with Gasteiger partial charge in [-0.15, -0.1) is 5.10 Å². The summed E-state index contributed by atoms with van der Waals surface area (Å²) in [4.78, 5) is 37.4. The van der Waals surface area contributed by atoms with Crippen LogP contribution in [0, 0.1) is 26.7 Å². The van der Waals surface area contributed by atoms with Crippen LogP contribution in [0.25, 0.3) is 5.69 Å². The molecule has 1 aromatic carbocycles. The van der Waals surface area contributed by atoms with Gasteiger partial charge in [0, 0.05) is 54.5 Å². The van der Waals surface area contributed by atoms with Crippen LogP contribution in [0.5, 0.6) is 0 Å². The van der Waals surface area contributed by atoms with Gasteiger partial charge < -0.3 is 9.47 Å². The van der Waals surface area contributed by atoms with Crippen molar-refractivity contribution in [2.75, 3.05) is 13.1 Å². The number of pyridine rings is 1. The van der Waals surface area contributed by atoms with Crippen molar-refractivity contribution < 1.29 is 4.79 Å². The third-order valence-electron chi connectivity index (χ3n) is 7.31. The normalized spacial score (nSPS) is 18.3. The maximum absolute atomic E-state index is 13.9. The first kappa shape index (κ1) is 24.5. The Balaban J connectivity index is 1.32. The van der Waals surface area contributed by atoms with E-state index in [1.54, 1.807) is 10.7 Å². The lowest BCUT2D eigenvalue weighted by atomic mass is 9.83. The molecule has 2 bridgehead atoms.